The molecule has 1 aliphatic heterocycles. The van der Waals surface area contributed by atoms with Crippen LogP contribution in [0.5, 0.6) is 11.5 Å². The molecular formula is C31H40FN3O7. The van der Waals surface area contributed by atoms with Gasteiger partial charge in [0, 0.05) is 39.7 Å². The zero-order valence-corrected chi connectivity index (χ0v) is 24.0. The second-order valence-corrected chi connectivity index (χ2v) is 11.0. The van der Waals surface area contributed by atoms with Gasteiger partial charge in [0.2, 0.25) is 11.7 Å². The molecule has 1 atom stereocenters. The van der Waals surface area contributed by atoms with Crippen molar-refractivity contribution in [3.8, 4) is 11.5 Å². The maximum absolute atomic E-state index is 14.0. The van der Waals surface area contributed by atoms with Crippen LogP contribution in [-0.4, -0.2) is 66.2 Å². The lowest BCUT2D eigenvalue weighted by atomic mass is 9.86. The summed E-state index contributed by atoms with van der Waals surface area (Å²) in [5.74, 6) is -0.762. The van der Waals surface area contributed by atoms with E-state index < -0.39 is 23.2 Å². The minimum atomic E-state index is -1.35. The van der Waals surface area contributed by atoms with E-state index in [1.165, 1.54) is 25.3 Å². The standard InChI is InChI=1S/C30H32FN3O6.CH4O.2H2/c1-30(29(37)32-15-18-13-19(31)10-12-23(18)38-2)16-39-25-22-11-9-17(27(35)33-20-5-3-6-20)14-24(22)40-26(25)28(36)34(30)21-7-4-8-21;1-2;;/h9-14,20-21H,3-8,15-16H2,1-2H3,(H,32,37)(H,33,35);2H,1H3;2*1H. The number of fused-ring (bicyclic) bond motifs is 3. The van der Waals surface area contributed by atoms with Gasteiger partial charge in [0.05, 0.1) is 12.5 Å². The summed E-state index contributed by atoms with van der Waals surface area (Å²) in [4.78, 5) is 42.0. The zero-order chi connectivity index (χ0) is 30.0. The van der Waals surface area contributed by atoms with Crippen LogP contribution in [0.15, 0.2) is 40.8 Å². The molecule has 10 nitrogen and oxygen atoms in total. The number of nitrogens with zero attached hydrogens (tertiary/aromatic N) is 1. The number of aliphatic hydroxyl groups excluding tert-OH is 1. The molecule has 0 saturated heterocycles. The molecule has 3 N–H and O–H groups in total. The maximum Gasteiger partial charge on any atom is 0.294 e. The van der Waals surface area contributed by atoms with E-state index in [1.807, 2.05) is 0 Å². The quantitative estimate of drug-likeness (QED) is 0.374. The second kappa shape index (κ2) is 12.0. The van der Waals surface area contributed by atoms with Crippen LogP contribution in [0.4, 0.5) is 4.39 Å². The number of methoxy groups -OCH3 is 1. The molecule has 6 rings (SSSR count). The normalized spacial score (nSPS) is 20.2. The summed E-state index contributed by atoms with van der Waals surface area (Å²) in [6, 6.07) is 9.17. The first-order valence-corrected chi connectivity index (χ1v) is 14.2. The molecule has 42 heavy (non-hydrogen) atoms. The van der Waals surface area contributed by atoms with Crippen LogP contribution in [0.2, 0.25) is 0 Å². The van der Waals surface area contributed by atoms with E-state index in [9.17, 15) is 18.8 Å². The summed E-state index contributed by atoms with van der Waals surface area (Å²) in [6.07, 6.45) is 5.53. The Morgan fingerprint density at radius 2 is 1.88 bits per heavy atom. The van der Waals surface area contributed by atoms with Crippen LogP contribution in [0.1, 0.15) is 74.8 Å². The summed E-state index contributed by atoms with van der Waals surface area (Å²) in [6.45, 7) is 1.59. The molecule has 3 amide bonds. The van der Waals surface area contributed by atoms with Gasteiger partial charge < -0.3 is 34.5 Å². The van der Waals surface area contributed by atoms with E-state index in [-0.39, 0.29) is 45.5 Å². The second-order valence-electron chi connectivity index (χ2n) is 11.0. The molecule has 228 valence electrons. The Labute approximate surface area is 246 Å². The molecule has 1 unspecified atom stereocenters. The molecule has 3 aliphatic rings. The highest BCUT2D eigenvalue weighted by molar-refractivity contribution is 6.06. The fraction of sp³-hybridized carbons (Fsp3) is 0.452. The predicted octanol–water partition coefficient (Wildman–Crippen LogP) is 4.43. The third-order valence-electron chi connectivity index (χ3n) is 8.40. The molecule has 2 aromatic carbocycles. The molecular weight excluding hydrogens is 545 g/mol. The number of aliphatic hydroxyl groups is 1. The van der Waals surface area contributed by atoms with Crippen molar-refractivity contribution in [2.45, 2.75) is 69.6 Å². The monoisotopic (exact) mass is 585 g/mol. The Kier molecular flexibility index (Phi) is 8.40. The highest BCUT2D eigenvalue weighted by Crippen LogP contribution is 2.42. The van der Waals surface area contributed by atoms with Gasteiger partial charge in [-0.1, -0.05) is 0 Å². The molecule has 2 saturated carbocycles. The van der Waals surface area contributed by atoms with Crippen LogP contribution >= 0.6 is 0 Å². The lowest BCUT2D eigenvalue weighted by Crippen LogP contribution is -2.65. The Balaban J connectivity index is 0.00000130. The fourth-order valence-corrected chi connectivity index (χ4v) is 5.58. The summed E-state index contributed by atoms with van der Waals surface area (Å²) < 4.78 is 31.4. The molecule has 0 spiro atoms. The minimum Gasteiger partial charge on any atom is -0.496 e. The van der Waals surface area contributed by atoms with Gasteiger partial charge in [-0.3, -0.25) is 14.4 Å². The lowest BCUT2D eigenvalue weighted by molar-refractivity contribution is -0.135. The zero-order valence-electron chi connectivity index (χ0n) is 24.0. The number of hydrogen-bond acceptors (Lipinski definition) is 7. The summed E-state index contributed by atoms with van der Waals surface area (Å²) in [5, 5.41) is 13.4. The van der Waals surface area contributed by atoms with E-state index in [4.69, 9.17) is 19.0 Å². The Morgan fingerprint density at radius 1 is 1.14 bits per heavy atom. The van der Waals surface area contributed by atoms with Crippen molar-refractivity contribution in [1.82, 2.24) is 15.5 Å². The van der Waals surface area contributed by atoms with Gasteiger partial charge >= 0.3 is 0 Å². The number of rotatable bonds is 7. The first kappa shape index (κ1) is 29.4. The molecule has 2 aliphatic carbocycles. The number of benzene rings is 2. The summed E-state index contributed by atoms with van der Waals surface area (Å²) >= 11 is 0. The van der Waals surface area contributed by atoms with Crippen LogP contribution in [0.3, 0.4) is 0 Å². The molecule has 3 aromatic rings. The number of furan rings is 1. The van der Waals surface area contributed by atoms with Crippen molar-refractivity contribution in [1.29, 1.82) is 0 Å². The number of carbonyl (C=O) groups excluding carboxylic acids is 3. The summed E-state index contributed by atoms with van der Waals surface area (Å²) in [5.41, 5.74) is -0.0484. The van der Waals surface area contributed by atoms with Gasteiger partial charge in [-0.05, 0) is 81.8 Å². The molecule has 0 radical (unpaired) electrons. The molecule has 2 fully saturated rings. The average Bonchev–Trinajstić information content (AvgIpc) is 3.28. The van der Waals surface area contributed by atoms with Crippen LogP contribution in [-0.2, 0) is 11.3 Å². The first-order valence-electron chi connectivity index (χ1n) is 14.2. The number of hydrogen-bond donors (Lipinski definition) is 3. The Hall–Kier alpha value is -4.12. The molecule has 0 bridgehead atoms. The average molecular weight is 586 g/mol. The van der Waals surface area contributed by atoms with E-state index >= 15 is 0 Å². The van der Waals surface area contributed by atoms with Gasteiger partial charge in [-0.25, -0.2) is 4.39 Å². The maximum atomic E-state index is 14.0. The molecule has 1 aromatic heterocycles. The van der Waals surface area contributed by atoms with Gasteiger partial charge in [0.1, 0.15) is 23.8 Å². The van der Waals surface area contributed by atoms with Gasteiger partial charge in [0.25, 0.3) is 11.8 Å². The molecule has 2 heterocycles. The fourth-order valence-electron chi connectivity index (χ4n) is 5.58. The van der Waals surface area contributed by atoms with E-state index in [0.29, 0.717) is 27.8 Å². The SMILES string of the molecule is CO.COc1ccc(F)cc1CNC(=O)C1(C)COc2c(oc3cc(C(=O)NC4CCC4)ccc23)C(=O)N1C1CCC1.[HH].[HH]. The van der Waals surface area contributed by atoms with Crippen molar-refractivity contribution in [3.63, 3.8) is 0 Å². The van der Waals surface area contributed by atoms with Crippen molar-refractivity contribution in [3.05, 3.63) is 59.1 Å². The van der Waals surface area contributed by atoms with E-state index in [1.54, 1.807) is 30.0 Å². The first-order chi connectivity index (χ1) is 20.3. The Bertz CT molecular complexity index is 1510. The smallest absolute Gasteiger partial charge is 0.294 e. The number of carbonyl (C=O) groups is 3. The largest absolute Gasteiger partial charge is 0.496 e. The van der Waals surface area contributed by atoms with Crippen LogP contribution in [0, 0.1) is 5.82 Å². The highest BCUT2D eigenvalue weighted by atomic mass is 19.1. The number of nitrogens with one attached hydrogen (secondary N) is 2. The molecule has 11 heteroatoms. The van der Waals surface area contributed by atoms with E-state index in [2.05, 4.69) is 10.6 Å². The Morgan fingerprint density at radius 3 is 2.52 bits per heavy atom. The lowest BCUT2D eigenvalue weighted by Gasteiger charge is -2.46. The van der Waals surface area contributed by atoms with Crippen molar-refractivity contribution < 1.29 is 40.6 Å². The van der Waals surface area contributed by atoms with Gasteiger partial charge in [-0.15, -0.1) is 0 Å². The van der Waals surface area contributed by atoms with Crippen LogP contribution < -0.4 is 20.1 Å². The van der Waals surface area contributed by atoms with Crippen LogP contribution in [0.25, 0.3) is 11.0 Å². The van der Waals surface area contributed by atoms with Crippen molar-refractivity contribution in [2.24, 2.45) is 0 Å². The number of ether oxygens (including phenoxy) is 2. The number of amides is 3. The third kappa shape index (κ3) is 5.29. The third-order valence-corrected chi connectivity index (χ3v) is 8.40. The highest BCUT2D eigenvalue weighted by Gasteiger charge is 2.51. The topological polar surface area (TPSA) is 130 Å². The predicted molar refractivity (Wildman–Crippen MR) is 156 cm³/mol. The number of halogens is 1. The van der Waals surface area contributed by atoms with E-state index in [0.717, 1.165) is 45.6 Å². The minimum absolute atomic E-state index is 0. The van der Waals surface area contributed by atoms with Gasteiger partial charge in [-0.2, -0.15) is 0 Å². The van der Waals surface area contributed by atoms with Crippen molar-refractivity contribution in [2.75, 3.05) is 20.8 Å². The summed E-state index contributed by atoms with van der Waals surface area (Å²) in [7, 11) is 2.48. The van der Waals surface area contributed by atoms with Crippen molar-refractivity contribution >= 4 is 28.7 Å². The van der Waals surface area contributed by atoms with Gasteiger partial charge in [0.15, 0.2) is 11.3 Å².